The molecule has 0 fully saturated rings. The quantitative estimate of drug-likeness (QED) is 0.174. The van der Waals surface area contributed by atoms with Gasteiger partial charge in [0.15, 0.2) is 0 Å². The van der Waals surface area contributed by atoms with Crippen molar-refractivity contribution in [2.24, 2.45) is 0 Å². The Morgan fingerprint density at radius 2 is 1.05 bits per heavy atom. The van der Waals surface area contributed by atoms with Crippen molar-refractivity contribution < 1.29 is 0 Å². The average molecular weight is 795 g/mol. The Labute approximate surface area is 354 Å². The van der Waals surface area contributed by atoms with Gasteiger partial charge in [0.05, 0.1) is 38.0 Å². The number of para-hydroxylation sites is 2. The Hall–Kier alpha value is -7.86. The molecular formula is C56H34N4S. The molecule has 4 aromatic heterocycles. The Morgan fingerprint density at radius 3 is 1.85 bits per heavy atom. The van der Waals surface area contributed by atoms with Crippen LogP contribution in [0.1, 0.15) is 0 Å². The van der Waals surface area contributed by atoms with Gasteiger partial charge in [0.2, 0.25) is 5.95 Å². The number of thiophene rings is 1. The molecule has 0 saturated carbocycles. The zero-order valence-corrected chi connectivity index (χ0v) is 33.6. The predicted octanol–water partition coefficient (Wildman–Crippen LogP) is 15.2. The molecule has 13 aromatic rings. The van der Waals surface area contributed by atoms with Crippen LogP contribution in [0.25, 0.3) is 120 Å². The fraction of sp³-hybridized carbons (Fsp3) is 0. The number of hydrogen-bond acceptors (Lipinski definition) is 3. The van der Waals surface area contributed by atoms with Crippen molar-refractivity contribution in [2.45, 2.75) is 0 Å². The summed E-state index contributed by atoms with van der Waals surface area (Å²) in [6, 6.07) is 74.3. The summed E-state index contributed by atoms with van der Waals surface area (Å²) < 4.78 is 5.83. The van der Waals surface area contributed by atoms with Crippen molar-refractivity contribution >= 4 is 86.7 Å². The van der Waals surface area contributed by atoms with E-state index in [9.17, 15) is 0 Å². The largest absolute Gasteiger partial charge is 0.309 e. The molecule has 5 heteroatoms. The van der Waals surface area contributed by atoms with Gasteiger partial charge in [0.1, 0.15) is 0 Å². The molecule has 9 aromatic carbocycles. The Balaban J connectivity index is 1.11. The van der Waals surface area contributed by atoms with Crippen LogP contribution < -0.4 is 0 Å². The van der Waals surface area contributed by atoms with Crippen molar-refractivity contribution in [3.8, 4) is 44.5 Å². The molecule has 0 atom stereocenters. The van der Waals surface area contributed by atoms with Gasteiger partial charge in [-0.1, -0.05) is 170 Å². The minimum absolute atomic E-state index is 0.658. The molecule has 0 N–H and O–H groups in total. The molecule has 0 radical (unpaired) electrons. The number of hydrogen-bond donors (Lipinski definition) is 0. The molecule has 13 rings (SSSR count). The van der Waals surface area contributed by atoms with E-state index in [0.29, 0.717) is 5.95 Å². The molecular weight excluding hydrogens is 761 g/mol. The molecule has 0 bridgehead atoms. The Morgan fingerprint density at radius 1 is 0.393 bits per heavy atom. The van der Waals surface area contributed by atoms with Crippen molar-refractivity contribution in [3.05, 3.63) is 206 Å². The number of benzene rings is 9. The van der Waals surface area contributed by atoms with Gasteiger partial charge in [0.25, 0.3) is 0 Å². The minimum Gasteiger partial charge on any atom is -0.309 e. The van der Waals surface area contributed by atoms with Crippen LogP contribution in [-0.4, -0.2) is 19.1 Å². The molecule has 0 aliphatic rings. The smallest absolute Gasteiger partial charge is 0.235 e. The van der Waals surface area contributed by atoms with Gasteiger partial charge in [-0.25, -0.2) is 9.97 Å². The molecule has 0 spiro atoms. The van der Waals surface area contributed by atoms with Crippen LogP contribution in [0.3, 0.4) is 0 Å². The number of nitrogens with zero attached hydrogens (tertiary/aromatic N) is 4. The van der Waals surface area contributed by atoms with Crippen molar-refractivity contribution in [1.29, 1.82) is 0 Å². The lowest BCUT2D eigenvalue weighted by Gasteiger charge is -2.12. The maximum atomic E-state index is 5.50. The summed E-state index contributed by atoms with van der Waals surface area (Å²) in [5, 5.41) is 9.67. The first kappa shape index (κ1) is 34.0. The fourth-order valence-corrected chi connectivity index (χ4v) is 10.7. The van der Waals surface area contributed by atoms with E-state index in [4.69, 9.17) is 9.97 Å². The van der Waals surface area contributed by atoms with E-state index in [-0.39, 0.29) is 0 Å². The summed E-state index contributed by atoms with van der Waals surface area (Å²) in [6.07, 6.45) is 0. The molecule has 0 amide bonds. The van der Waals surface area contributed by atoms with Crippen molar-refractivity contribution in [3.63, 3.8) is 0 Å². The topological polar surface area (TPSA) is 35.6 Å². The first-order valence-corrected chi connectivity index (χ1v) is 21.5. The molecule has 284 valence electrons. The second kappa shape index (κ2) is 13.3. The highest BCUT2D eigenvalue weighted by molar-refractivity contribution is 7.22. The maximum absolute atomic E-state index is 5.50. The number of aromatic nitrogens is 4. The third kappa shape index (κ3) is 5.18. The minimum atomic E-state index is 0.658. The van der Waals surface area contributed by atoms with E-state index >= 15 is 0 Å². The fourth-order valence-electron chi connectivity index (χ4n) is 9.62. The van der Waals surface area contributed by atoms with Crippen LogP contribution >= 0.6 is 11.3 Å². The standard InChI is InChI=1S/C56H34N4S/c1-4-17-37(18-5-1)50-34-47-55(61-50)52(38-19-6-2-7-20-38)58-56(57-47)60-48-31-29-39(33-46(48)44-30-27-36-16-11-13-24-42(36)53(44)60)43-25-14-26-45-51-41-23-12-10-15-35(41)28-32-49(51)59(54(43)45)40-21-8-3-9-22-40/h1-34H. The van der Waals surface area contributed by atoms with Gasteiger partial charge < -0.3 is 4.57 Å². The highest BCUT2D eigenvalue weighted by atomic mass is 32.1. The van der Waals surface area contributed by atoms with Gasteiger partial charge >= 0.3 is 0 Å². The van der Waals surface area contributed by atoms with E-state index in [1.165, 1.54) is 54.0 Å². The van der Waals surface area contributed by atoms with Crippen LogP contribution in [0.4, 0.5) is 0 Å². The van der Waals surface area contributed by atoms with Crippen LogP contribution in [0.2, 0.25) is 0 Å². The lowest BCUT2D eigenvalue weighted by Crippen LogP contribution is -2.03. The average Bonchev–Trinajstić information content (AvgIpc) is 4.02. The lowest BCUT2D eigenvalue weighted by atomic mass is 9.98. The zero-order valence-electron chi connectivity index (χ0n) is 32.8. The van der Waals surface area contributed by atoms with E-state index in [2.05, 4.69) is 215 Å². The number of rotatable bonds is 5. The maximum Gasteiger partial charge on any atom is 0.235 e. The highest BCUT2D eigenvalue weighted by Gasteiger charge is 2.23. The van der Waals surface area contributed by atoms with E-state index in [1.54, 1.807) is 11.3 Å². The van der Waals surface area contributed by atoms with E-state index < -0.39 is 0 Å². The molecule has 61 heavy (non-hydrogen) atoms. The number of fused-ring (bicyclic) bond motifs is 11. The third-order valence-electron chi connectivity index (χ3n) is 12.3. The van der Waals surface area contributed by atoms with Crippen LogP contribution in [0.5, 0.6) is 0 Å². The monoisotopic (exact) mass is 794 g/mol. The summed E-state index contributed by atoms with van der Waals surface area (Å²) in [7, 11) is 0. The summed E-state index contributed by atoms with van der Waals surface area (Å²) in [6.45, 7) is 0. The second-order valence-electron chi connectivity index (χ2n) is 15.7. The first-order valence-electron chi connectivity index (χ1n) is 20.7. The van der Waals surface area contributed by atoms with E-state index in [0.717, 1.165) is 59.9 Å². The second-order valence-corrected chi connectivity index (χ2v) is 16.8. The predicted molar refractivity (Wildman–Crippen MR) is 257 cm³/mol. The van der Waals surface area contributed by atoms with Gasteiger partial charge in [0, 0.05) is 48.6 Å². The normalized spacial score (nSPS) is 11.9. The van der Waals surface area contributed by atoms with Gasteiger partial charge in [-0.2, -0.15) is 0 Å². The summed E-state index contributed by atoms with van der Waals surface area (Å²) in [5.41, 5.74) is 12.2. The van der Waals surface area contributed by atoms with Crippen LogP contribution in [-0.2, 0) is 0 Å². The Bertz CT molecular complexity index is 3860. The Kier molecular flexibility index (Phi) is 7.44. The van der Waals surface area contributed by atoms with Gasteiger partial charge in [-0.05, 0) is 63.7 Å². The van der Waals surface area contributed by atoms with Crippen molar-refractivity contribution in [2.75, 3.05) is 0 Å². The molecule has 0 unspecified atom stereocenters. The van der Waals surface area contributed by atoms with Crippen LogP contribution in [0.15, 0.2) is 206 Å². The van der Waals surface area contributed by atoms with Crippen molar-refractivity contribution in [1.82, 2.24) is 19.1 Å². The molecule has 4 nitrogen and oxygen atoms in total. The summed E-state index contributed by atoms with van der Waals surface area (Å²) >= 11 is 1.75. The SMILES string of the molecule is c1ccc(-c2cc3nc(-n4c5ccc(-c6cccc7c8c9ccccc9ccc8n(-c8ccccc8)c67)cc5c5ccc6ccccc6c54)nc(-c4ccccc4)c3s2)cc1. The summed E-state index contributed by atoms with van der Waals surface area (Å²) in [5.74, 6) is 0.658. The molecule has 4 heterocycles. The first-order chi connectivity index (χ1) is 30.3. The van der Waals surface area contributed by atoms with Crippen LogP contribution in [0, 0.1) is 0 Å². The van der Waals surface area contributed by atoms with E-state index in [1.807, 2.05) is 0 Å². The van der Waals surface area contributed by atoms with Gasteiger partial charge in [-0.15, -0.1) is 11.3 Å². The summed E-state index contributed by atoms with van der Waals surface area (Å²) in [4.78, 5) is 12.1. The zero-order chi connectivity index (χ0) is 40.0. The molecule has 0 aliphatic heterocycles. The molecule has 0 saturated heterocycles. The third-order valence-corrected chi connectivity index (χ3v) is 13.5. The highest BCUT2D eigenvalue weighted by Crippen LogP contribution is 2.44. The van der Waals surface area contributed by atoms with Gasteiger partial charge in [-0.3, -0.25) is 4.57 Å². The lowest BCUT2D eigenvalue weighted by molar-refractivity contribution is 1.02. The molecule has 0 aliphatic carbocycles.